The fraction of sp³-hybridized carbons (Fsp3) is 0.824. The molecule has 1 aliphatic carbocycles. The quantitative estimate of drug-likeness (QED) is 0.832. The van der Waals surface area contributed by atoms with Crippen molar-refractivity contribution in [2.75, 3.05) is 7.05 Å². The summed E-state index contributed by atoms with van der Waals surface area (Å²) in [4.78, 5) is 0. The summed E-state index contributed by atoms with van der Waals surface area (Å²) in [5.74, 6) is 1.78. The zero-order chi connectivity index (χ0) is 15.4. The lowest BCUT2D eigenvalue weighted by Crippen LogP contribution is -2.38. The van der Waals surface area contributed by atoms with Gasteiger partial charge in [0.1, 0.15) is 0 Å². The molecule has 21 heavy (non-hydrogen) atoms. The molecule has 0 spiro atoms. The number of halogens is 1. The normalized spacial score (nSPS) is 24.2. The summed E-state index contributed by atoms with van der Waals surface area (Å²) in [5.41, 5.74) is 2.51. The molecule has 1 fully saturated rings. The van der Waals surface area contributed by atoms with Gasteiger partial charge in [-0.2, -0.15) is 5.10 Å². The fourth-order valence-corrected chi connectivity index (χ4v) is 4.53. The average Bonchev–Trinajstić information content (AvgIpc) is 2.79. The molecule has 0 saturated heterocycles. The molecule has 1 aromatic rings. The third-order valence-corrected chi connectivity index (χ3v) is 6.24. The van der Waals surface area contributed by atoms with Crippen molar-refractivity contribution in [3.63, 3.8) is 0 Å². The van der Waals surface area contributed by atoms with Crippen LogP contribution in [0.2, 0.25) is 0 Å². The Hall–Kier alpha value is -0.350. The van der Waals surface area contributed by atoms with Gasteiger partial charge in [-0.25, -0.2) is 0 Å². The molecular weight excluding hydrogens is 326 g/mol. The average molecular weight is 356 g/mol. The van der Waals surface area contributed by atoms with E-state index in [1.54, 1.807) is 0 Å². The summed E-state index contributed by atoms with van der Waals surface area (Å²) in [7, 11) is 4.18. The standard InChI is InChI=1S/C17H30BrN3/c1-5-12-7-9-13(10-8-12)15(19-3)11-16-17(18)14(6-2)20-21(16)4/h12-13,15,19H,5-11H2,1-4H3. The number of aryl methyl sites for hydroxylation is 2. The zero-order valence-corrected chi connectivity index (χ0v) is 15.5. The number of likely N-dealkylation sites (N-methyl/N-ethyl adjacent to an activating group) is 1. The van der Waals surface area contributed by atoms with Crippen LogP contribution >= 0.6 is 15.9 Å². The summed E-state index contributed by atoms with van der Waals surface area (Å²) in [6.07, 6.45) is 8.98. The van der Waals surface area contributed by atoms with Gasteiger partial charge >= 0.3 is 0 Å². The van der Waals surface area contributed by atoms with Crippen LogP contribution in [0.5, 0.6) is 0 Å². The van der Waals surface area contributed by atoms with Crippen molar-refractivity contribution >= 4 is 15.9 Å². The Kier molecular flexibility index (Phi) is 6.30. The molecule has 3 nitrogen and oxygen atoms in total. The number of aromatic nitrogens is 2. The molecule has 2 rings (SSSR count). The van der Waals surface area contributed by atoms with E-state index < -0.39 is 0 Å². The zero-order valence-electron chi connectivity index (χ0n) is 14.0. The Morgan fingerprint density at radius 1 is 1.29 bits per heavy atom. The van der Waals surface area contributed by atoms with E-state index in [0.29, 0.717) is 6.04 Å². The summed E-state index contributed by atoms with van der Waals surface area (Å²) in [6, 6.07) is 0.569. The molecule has 0 radical (unpaired) electrons. The second-order valence-electron chi connectivity index (χ2n) is 6.47. The highest BCUT2D eigenvalue weighted by atomic mass is 79.9. The van der Waals surface area contributed by atoms with Gasteiger partial charge in [-0.3, -0.25) is 4.68 Å². The Bertz CT molecular complexity index is 447. The molecule has 0 amide bonds. The van der Waals surface area contributed by atoms with E-state index in [1.807, 2.05) is 0 Å². The number of rotatable bonds is 6. The molecule has 0 aromatic carbocycles. The number of hydrogen-bond acceptors (Lipinski definition) is 2. The minimum atomic E-state index is 0.569. The summed E-state index contributed by atoms with van der Waals surface area (Å²) >= 11 is 3.75. The van der Waals surface area contributed by atoms with Crippen LogP contribution in [0, 0.1) is 11.8 Å². The maximum Gasteiger partial charge on any atom is 0.0766 e. The maximum atomic E-state index is 4.63. The van der Waals surface area contributed by atoms with Gasteiger partial charge in [0.15, 0.2) is 0 Å². The van der Waals surface area contributed by atoms with Gasteiger partial charge in [-0.15, -0.1) is 0 Å². The Morgan fingerprint density at radius 3 is 2.43 bits per heavy atom. The third-order valence-electron chi connectivity index (χ3n) is 5.32. The highest BCUT2D eigenvalue weighted by Crippen LogP contribution is 2.34. The highest BCUT2D eigenvalue weighted by molar-refractivity contribution is 9.10. The second kappa shape index (κ2) is 7.77. The lowest BCUT2D eigenvalue weighted by atomic mass is 9.76. The van der Waals surface area contributed by atoms with E-state index in [4.69, 9.17) is 0 Å². The van der Waals surface area contributed by atoms with Crippen LogP contribution in [0.15, 0.2) is 4.47 Å². The second-order valence-corrected chi connectivity index (χ2v) is 7.27. The molecule has 1 saturated carbocycles. The van der Waals surface area contributed by atoms with Gasteiger partial charge in [0.2, 0.25) is 0 Å². The molecule has 1 aromatic heterocycles. The van der Waals surface area contributed by atoms with E-state index in [9.17, 15) is 0 Å². The molecule has 1 N–H and O–H groups in total. The first-order valence-electron chi connectivity index (χ1n) is 8.48. The van der Waals surface area contributed by atoms with Gasteiger partial charge in [0, 0.05) is 19.5 Å². The van der Waals surface area contributed by atoms with E-state index in [-0.39, 0.29) is 0 Å². The first-order valence-corrected chi connectivity index (χ1v) is 9.27. The Labute approximate surface area is 138 Å². The van der Waals surface area contributed by atoms with Crippen LogP contribution in [0.25, 0.3) is 0 Å². The maximum absolute atomic E-state index is 4.63. The van der Waals surface area contributed by atoms with Crippen molar-refractivity contribution in [2.45, 2.75) is 64.8 Å². The Balaban J connectivity index is 2.04. The van der Waals surface area contributed by atoms with E-state index in [1.165, 1.54) is 48.0 Å². The van der Waals surface area contributed by atoms with E-state index in [2.05, 4.69) is 59.0 Å². The van der Waals surface area contributed by atoms with Crippen molar-refractivity contribution in [3.05, 3.63) is 15.9 Å². The molecule has 1 heterocycles. The Morgan fingerprint density at radius 2 is 1.95 bits per heavy atom. The molecule has 1 aliphatic rings. The topological polar surface area (TPSA) is 29.9 Å². The van der Waals surface area contributed by atoms with Gasteiger partial charge in [-0.1, -0.05) is 33.1 Å². The lowest BCUT2D eigenvalue weighted by molar-refractivity contribution is 0.220. The lowest BCUT2D eigenvalue weighted by Gasteiger charge is -2.33. The van der Waals surface area contributed by atoms with Crippen LogP contribution < -0.4 is 5.32 Å². The SMILES string of the molecule is CCc1nn(C)c(CC(NC)C2CCC(CC)CC2)c1Br. The molecule has 0 bridgehead atoms. The molecular formula is C17H30BrN3. The number of nitrogens with one attached hydrogen (secondary N) is 1. The van der Waals surface area contributed by atoms with Gasteiger partial charge in [0.05, 0.1) is 15.9 Å². The molecule has 1 unspecified atom stereocenters. The molecule has 1 atom stereocenters. The highest BCUT2D eigenvalue weighted by Gasteiger charge is 2.28. The summed E-state index contributed by atoms with van der Waals surface area (Å²) in [5, 5.41) is 8.20. The molecule has 120 valence electrons. The number of hydrogen-bond donors (Lipinski definition) is 1. The number of nitrogens with zero attached hydrogens (tertiary/aromatic N) is 2. The molecule has 4 heteroatoms. The predicted molar refractivity (Wildman–Crippen MR) is 92.6 cm³/mol. The van der Waals surface area contributed by atoms with Crippen LogP contribution in [-0.2, 0) is 19.9 Å². The van der Waals surface area contributed by atoms with Crippen molar-refractivity contribution in [3.8, 4) is 0 Å². The minimum Gasteiger partial charge on any atom is -0.316 e. The fourth-order valence-electron chi connectivity index (χ4n) is 3.75. The van der Waals surface area contributed by atoms with Gasteiger partial charge in [-0.05, 0) is 54.1 Å². The van der Waals surface area contributed by atoms with Gasteiger partial charge in [0.25, 0.3) is 0 Å². The summed E-state index contributed by atoms with van der Waals surface area (Å²) in [6.45, 7) is 4.50. The smallest absolute Gasteiger partial charge is 0.0766 e. The predicted octanol–water partition coefficient (Wildman–Crippen LogP) is 4.09. The van der Waals surface area contributed by atoms with Gasteiger partial charge < -0.3 is 5.32 Å². The van der Waals surface area contributed by atoms with E-state index >= 15 is 0 Å². The molecule has 0 aliphatic heterocycles. The third kappa shape index (κ3) is 3.89. The van der Waals surface area contributed by atoms with Crippen molar-refractivity contribution in [1.29, 1.82) is 0 Å². The van der Waals surface area contributed by atoms with Crippen molar-refractivity contribution in [2.24, 2.45) is 18.9 Å². The van der Waals surface area contributed by atoms with Crippen molar-refractivity contribution in [1.82, 2.24) is 15.1 Å². The van der Waals surface area contributed by atoms with Crippen LogP contribution in [0.1, 0.15) is 57.3 Å². The minimum absolute atomic E-state index is 0.569. The van der Waals surface area contributed by atoms with Crippen LogP contribution in [0.3, 0.4) is 0 Å². The van der Waals surface area contributed by atoms with Crippen molar-refractivity contribution < 1.29 is 0 Å². The monoisotopic (exact) mass is 355 g/mol. The first kappa shape index (κ1) is 17.0. The first-order chi connectivity index (χ1) is 10.1. The van der Waals surface area contributed by atoms with Crippen LogP contribution in [0.4, 0.5) is 0 Å². The summed E-state index contributed by atoms with van der Waals surface area (Å²) < 4.78 is 3.28. The van der Waals surface area contributed by atoms with E-state index in [0.717, 1.165) is 24.7 Å². The largest absolute Gasteiger partial charge is 0.316 e. The van der Waals surface area contributed by atoms with Crippen LogP contribution in [-0.4, -0.2) is 22.9 Å².